The third-order valence-electron chi connectivity index (χ3n) is 5.01. The molecule has 1 aliphatic heterocycles. The summed E-state index contributed by atoms with van der Waals surface area (Å²) in [6.07, 6.45) is 0.828. The molecule has 9 heteroatoms. The topological polar surface area (TPSA) is 73.9 Å². The van der Waals surface area contributed by atoms with Crippen LogP contribution in [0.4, 0.5) is 13.6 Å². The molecule has 1 heterocycles. The van der Waals surface area contributed by atoms with Crippen molar-refractivity contribution < 1.29 is 32.4 Å². The lowest BCUT2D eigenvalue weighted by Crippen LogP contribution is -2.41. The number of carbonyl (C=O) groups excluding carboxylic acids is 2. The Hall–Kier alpha value is -2.26. The van der Waals surface area contributed by atoms with E-state index in [1.807, 2.05) is 27.7 Å². The molecule has 1 aromatic rings. The Kier molecular flexibility index (Phi) is 6.78. The van der Waals surface area contributed by atoms with Gasteiger partial charge in [-0.15, -0.1) is 0 Å². The molecule has 164 valence electrons. The number of halogens is 2. The molecular formula is C21H28BF2NO5. The number of alkyl carbamates (subject to hydrolysis) is 1. The first-order chi connectivity index (χ1) is 13.7. The number of ether oxygens (including phenoxy) is 1. The van der Waals surface area contributed by atoms with Gasteiger partial charge < -0.3 is 19.4 Å². The molecule has 0 spiro atoms. The van der Waals surface area contributed by atoms with Crippen LogP contribution in [0.3, 0.4) is 0 Å². The summed E-state index contributed by atoms with van der Waals surface area (Å²) in [7, 11) is -0.894. The molecule has 0 atom stereocenters. The summed E-state index contributed by atoms with van der Waals surface area (Å²) in [5, 5.41) is 2.60. The van der Waals surface area contributed by atoms with Gasteiger partial charge in [-0.1, -0.05) is 6.08 Å². The van der Waals surface area contributed by atoms with Gasteiger partial charge in [0.1, 0.15) is 17.2 Å². The van der Waals surface area contributed by atoms with Crippen molar-refractivity contribution in [3.05, 3.63) is 40.4 Å². The second-order valence-electron chi connectivity index (χ2n) is 9.15. The molecule has 0 aromatic heterocycles. The molecule has 1 N–H and O–H groups in total. The standard InChI is InChI=1S/C21H28BF2NO5/c1-19(2,3)28-18(27)25-11-14(22-29-20(4,5)21(6,7)30-22)10-13-8-9-16(23)15(12-26)17(13)24/h8-10,12H,11H2,1-7H3,(H,25,27). The van der Waals surface area contributed by atoms with Crippen LogP contribution in [0, 0.1) is 11.6 Å². The molecule has 0 saturated carbocycles. The largest absolute Gasteiger partial charge is 0.492 e. The van der Waals surface area contributed by atoms with Gasteiger partial charge in [-0.05, 0) is 66.1 Å². The number of amides is 1. The van der Waals surface area contributed by atoms with Gasteiger partial charge in [-0.25, -0.2) is 13.6 Å². The lowest BCUT2D eigenvalue weighted by molar-refractivity contribution is 0.00578. The Balaban J connectivity index is 2.38. The number of hydrogen-bond donors (Lipinski definition) is 1. The van der Waals surface area contributed by atoms with Crippen LogP contribution in [0.2, 0.25) is 0 Å². The molecule has 1 amide bonds. The molecule has 0 unspecified atom stereocenters. The van der Waals surface area contributed by atoms with Crippen LogP contribution in [0.15, 0.2) is 17.6 Å². The van der Waals surface area contributed by atoms with E-state index >= 15 is 0 Å². The summed E-state index contributed by atoms with van der Waals surface area (Å²) in [4.78, 5) is 23.1. The quantitative estimate of drug-likeness (QED) is 0.564. The summed E-state index contributed by atoms with van der Waals surface area (Å²) in [6, 6.07) is 2.21. The van der Waals surface area contributed by atoms with E-state index in [4.69, 9.17) is 14.0 Å². The van der Waals surface area contributed by atoms with Crippen LogP contribution in [0.5, 0.6) is 0 Å². The fourth-order valence-electron chi connectivity index (χ4n) is 2.69. The van der Waals surface area contributed by atoms with Crippen LogP contribution in [0.1, 0.15) is 64.4 Å². The number of benzene rings is 1. The van der Waals surface area contributed by atoms with Gasteiger partial charge in [0, 0.05) is 12.1 Å². The van der Waals surface area contributed by atoms with Crippen molar-refractivity contribution in [2.24, 2.45) is 0 Å². The molecular weight excluding hydrogens is 395 g/mol. The zero-order chi connectivity index (χ0) is 22.9. The van der Waals surface area contributed by atoms with E-state index in [1.165, 1.54) is 12.1 Å². The van der Waals surface area contributed by atoms with Crippen molar-refractivity contribution >= 4 is 25.6 Å². The van der Waals surface area contributed by atoms with Gasteiger partial charge in [-0.3, -0.25) is 4.79 Å². The van der Waals surface area contributed by atoms with E-state index in [0.29, 0.717) is 5.47 Å². The number of carbonyl (C=O) groups is 2. The first-order valence-electron chi connectivity index (χ1n) is 9.63. The number of nitrogens with one attached hydrogen (secondary N) is 1. The highest BCUT2D eigenvalue weighted by molar-refractivity contribution is 6.56. The molecule has 6 nitrogen and oxygen atoms in total. The van der Waals surface area contributed by atoms with Gasteiger partial charge >= 0.3 is 13.2 Å². The highest BCUT2D eigenvalue weighted by atomic mass is 19.1. The van der Waals surface area contributed by atoms with Crippen LogP contribution >= 0.6 is 0 Å². The minimum Gasteiger partial charge on any atom is -0.444 e. The van der Waals surface area contributed by atoms with Crippen LogP contribution in [-0.2, 0) is 14.0 Å². The Morgan fingerprint density at radius 3 is 2.23 bits per heavy atom. The second kappa shape index (κ2) is 8.47. The average molecular weight is 423 g/mol. The molecule has 1 aliphatic rings. The molecule has 1 aromatic carbocycles. The molecule has 0 radical (unpaired) electrons. The van der Waals surface area contributed by atoms with E-state index in [-0.39, 0.29) is 18.4 Å². The SMILES string of the molecule is CC(C)(C)OC(=O)NCC(=Cc1ccc(F)c(C=O)c1F)B1OC(C)(C)C(C)(C)O1. The van der Waals surface area contributed by atoms with Crippen LogP contribution < -0.4 is 5.32 Å². The van der Waals surface area contributed by atoms with Crippen molar-refractivity contribution in [1.82, 2.24) is 5.32 Å². The van der Waals surface area contributed by atoms with Crippen LogP contribution in [-0.4, -0.2) is 42.8 Å². The fraction of sp³-hybridized carbons (Fsp3) is 0.524. The normalized spacial score (nSPS) is 18.3. The monoisotopic (exact) mass is 423 g/mol. The predicted octanol–water partition coefficient (Wildman–Crippen LogP) is 4.32. The zero-order valence-electron chi connectivity index (χ0n) is 18.4. The lowest BCUT2D eigenvalue weighted by atomic mass is 9.77. The smallest absolute Gasteiger partial charge is 0.444 e. The van der Waals surface area contributed by atoms with Gasteiger partial charge in [-0.2, -0.15) is 0 Å². The first-order valence-corrected chi connectivity index (χ1v) is 9.63. The predicted molar refractivity (Wildman–Crippen MR) is 110 cm³/mol. The van der Waals surface area contributed by atoms with Crippen molar-refractivity contribution in [3.8, 4) is 0 Å². The van der Waals surface area contributed by atoms with Gasteiger partial charge in [0.05, 0.1) is 16.8 Å². The minimum absolute atomic E-state index is 0.0331. The van der Waals surface area contributed by atoms with Gasteiger partial charge in [0.25, 0.3) is 0 Å². The zero-order valence-corrected chi connectivity index (χ0v) is 18.4. The molecule has 1 fully saturated rings. The Labute approximate surface area is 176 Å². The average Bonchev–Trinajstić information content (AvgIpc) is 2.80. The molecule has 0 bridgehead atoms. The summed E-state index contributed by atoms with van der Waals surface area (Å²) in [6.45, 7) is 12.5. The van der Waals surface area contributed by atoms with E-state index in [0.717, 1.165) is 6.07 Å². The van der Waals surface area contributed by atoms with Crippen molar-refractivity contribution in [2.75, 3.05) is 6.54 Å². The maximum absolute atomic E-state index is 14.6. The van der Waals surface area contributed by atoms with Gasteiger partial charge in [0.2, 0.25) is 0 Å². The first kappa shape index (κ1) is 24.0. The molecule has 30 heavy (non-hydrogen) atoms. The second-order valence-corrected chi connectivity index (χ2v) is 9.15. The summed E-state index contributed by atoms with van der Waals surface area (Å²) < 4.78 is 45.5. The van der Waals surface area contributed by atoms with E-state index in [2.05, 4.69) is 5.32 Å². The van der Waals surface area contributed by atoms with E-state index < -0.39 is 47.2 Å². The number of rotatable bonds is 5. The molecule has 1 saturated heterocycles. The highest BCUT2D eigenvalue weighted by Gasteiger charge is 2.52. The van der Waals surface area contributed by atoms with E-state index in [1.54, 1.807) is 20.8 Å². The maximum Gasteiger partial charge on any atom is 0.492 e. The third kappa shape index (κ3) is 5.46. The Morgan fingerprint density at radius 1 is 1.17 bits per heavy atom. The number of hydrogen-bond acceptors (Lipinski definition) is 5. The van der Waals surface area contributed by atoms with Crippen molar-refractivity contribution in [2.45, 2.75) is 65.3 Å². The highest BCUT2D eigenvalue weighted by Crippen LogP contribution is 2.39. The van der Waals surface area contributed by atoms with Crippen LogP contribution in [0.25, 0.3) is 6.08 Å². The Morgan fingerprint density at radius 2 is 1.73 bits per heavy atom. The summed E-state index contributed by atoms with van der Waals surface area (Å²) in [5.41, 5.74) is -2.36. The lowest BCUT2D eigenvalue weighted by Gasteiger charge is -2.32. The third-order valence-corrected chi connectivity index (χ3v) is 5.01. The Bertz CT molecular complexity index is 846. The van der Waals surface area contributed by atoms with Crippen molar-refractivity contribution in [3.63, 3.8) is 0 Å². The summed E-state index contributed by atoms with van der Waals surface area (Å²) >= 11 is 0. The maximum atomic E-state index is 14.6. The van der Waals surface area contributed by atoms with Crippen molar-refractivity contribution in [1.29, 1.82) is 0 Å². The molecule has 2 rings (SSSR count). The summed E-state index contributed by atoms with van der Waals surface area (Å²) in [5.74, 6) is -1.96. The van der Waals surface area contributed by atoms with Gasteiger partial charge in [0.15, 0.2) is 6.29 Å². The number of aldehydes is 1. The fourth-order valence-corrected chi connectivity index (χ4v) is 2.69. The molecule has 0 aliphatic carbocycles. The van der Waals surface area contributed by atoms with E-state index in [9.17, 15) is 18.4 Å². The minimum atomic E-state index is -1.00.